The summed E-state index contributed by atoms with van der Waals surface area (Å²) in [4.78, 5) is 2.79. The van der Waals surface area contributed by atoms with Crippen molar-refractivity contribution < 1.29 is 4.39 Å². The zero-order valence-electron chi connectivity index (χ0n) is 9.84. The Hall–Kier alpha value is -0.670. The van der Waals surface area contributed by atoms with Gasteiger partial charge in [0.2, 0.25) is 0 Å². The molecule has 90 valence electrons. The van der Waals surface area contributed by atoms with Crippen molar-refractivity contribution in [3.05, 3.63) is 57.0 Å². The average molecular weight is 313 g/mol. The summed E-state index contributed by atoms with van der Waals surface area (Å²) in [7, 11) is 0. The molecular formula is C14H14BrFS. The highest BCUT2D eigenvalue weighted by molar-refractivity contribution is 9.09. The summed E-state index contributed by atoms with van der Waals surface area (Å²) >= 11 is 5.43. The molecule has 0 fully saturated rings. The van der Waals surface area contributed by atoms with E-state index in [0.717, 1.165) is 5.56 Å². The van der Waals surface area contributed by atoms with Crippen LogP contribution in [-0.2, 0) is 6.42 Å². The second-order valence-corrected chi connectivity index (χ2v) is 6.54. The molecule has 0 aliphatic heterocycles. The fourth-order valence-corrected chi connectivity index (χ4v) is 3.50. The lowest BCUT2D eigenvalue weighted by atomic mass is 10.1. The Morgan fingerprint density at radius 1 is 1.29 bits per heavy atom. The predicted molar refractivity (Wildman–Crippen MR) is 75.6 cm³/mol. The number of benzene rings is 1. The molecule has 1 heterocycles. The van der Waals surface area contributed by atoms with Gasteiger partial charge in [-0.05, 0) is 43.5 Å². The first-order chi connectivity index (χ1) is 8.08. The molecule has 0 spiro atoms. The zero-order chi connectivity index (χ0) is 12.4. The normalized spacial score (nSPS) is 12.7. The summed E-state index contributed by atoms with van der Waals surface area (Å²) in [5.74, 6) is -0.123. The van der Waals surface area contributed by atoms with E-state index in [4.69, 9.17) is 0 Å². The lowest BCUT2D eigenvalue weighted by Crippen LogP contribution is -1.95. The van der Waals surface area contributed by atoms with E-state index in [-0.39, 0.29) is 10.6 Å². The average Bonchev–Trinajstić information content (AvgIpc) is 2.63. The highest BCUT2D eigenvalue weighted by Gasteiger charge is 2.14. The molecule has 0 saturated heterocycles. The molecule has 0 saturated carbocycles. The van der Waals surface area contributed by atoms with Crippen molar-refractivity contribution >= 4 is 27.3 Å². The summed E-state index contributed by atoms with van der Waals surface area (Å²) in [5.41, 5.74) is 2.07. The summed E-state index contributed by atoms with van der Waals surface area (Å²) < 4.78 is 13.5. The molecule has 1 aromatic carbocycles. The summed E-state index contributed by atoms with van der Waals surface area (Å²) in [6.45, 7) is 4.23. The number of rotatable bonds is 3. The predicted octanol–water partition coefficient (Wildman–Crippen LogP) is 5.18. The van der Waals surface area contributed by atoms with Gasteiger partial charge in [0.15, 0.2) is 0 Å². The standard InChI is InChI=1S/C14H14BrFS/c1-9-7-14(17-10(9)2)12(15)8-11-5-3-4-6-13(11)16/h3-7,12H,8H2,1-2H3. The van der Waals surface area contributed by atoms with E-state index in [9.17, 15) is 4.39 Å². The number of halogens is 2. The Morgan fingerprint density at radius 2 is 2.00 bits per heavy atom. The van der Waals surface area contributed by atoms with Gasteiger partial charge in [-0.25, -0.2) is 4.39 Å². The molecule has 17 heavy (non-hydrogen) atoms. The van der Waals surface area contributed by atoms with E-state index >= 15 is 0 Å². The maximum absolute atomic E-state index is 13.5. The molecule has 1 aromatic heterocycles. The minimum absolute atomic E-state index is 0.123. The summed E-state index contributed by atoms with van der Waals surface area (Å²) in [6.07, 6.45) is 0.687. The molecule has 1 atom stereocenters. The van der Waals surface area contributed by atoms with E-state index in [1.54, 1.807) is 17.4 Å². The van der Waals surface area contributed by atoms with Crippen LogP contribution in [0.2, 0.25) is 0 Å². The summed E-state index contributed by atoms with van der Waals surface area (Å²) in [5, 5.41) is 0. The Morgan fingerprint density at radius 3 is 2.59 bits per heavy atom. The Balaban J connectivity index is 2.17. The third kappa shape index (κ3) is 2.96. The lowest BCUT2D eigenvalue weighted by Gasteiger charge is -2.08. The van der Waals surface area contributed by atoms with Gasteiger partial charge in [-0.1, -0.05) is 34.1 Å². The van der Waals surface area contributed by atoms with Crippen molar-refractivity contribution in [3.63, 3.8) is 0 Å². The maximum Gasteiger partial charge on any atom is 0.126 e. The fraction of sp³-hybridized carbons (Fsp3) is 0.286. The zero-order valence-corrected chi connectivity index (χ0v) is 12.2. The molecule has 0 bridgehead atoms. The molecule has 0 amide bonds. The Kier molecular flexibility index (Phi) is 4.00. The lowest BCUT2D eigenvalue weighted by molar-refractivity contribution is 0.608. The number of hydrogen-bond acceptors (Lipinski definition) is 1. The second kappa shape index (κ2) is 5.32. The molecule has 0 aliphatic carbocycles. The quantitative estimate of drug-likeness (QED) is 0.685. The first-order valence-electron chi connectivity index (χ1n) is 5.52. The third-order valence-corrected chi connectivity index (χ3v) is 5.24. The monoisotopic (exact) mass is 312 g/mol. The van der Waals surface area contributed by atoms with E-state index in [1.807, 2.05) is 12.1 Å². The van der Waals surface area contributed by atoms with Gasteiger partial charge in [-0.2, -0.15) is 0 Å². The SMILES string of the molecule is Cc1cc(C(Br)Cc2ccccc2F)sc1C. The van der Waals surface area contributed by atoms with Gasteiger partial charge in [-0.3, -0.25) is 0 Å². The molecular weight excluding hydrogens is 299 g/mol. The number of hydrogen-bond donors (Lipinski definition) is 0. The highest BCUT2D eigenvalue weighted by atomic mass is 79.9. The van der Waals surface area contributed by atoms with Gasteiger partial charge in [0.05, 0.1) is 4.83 Å². The number of aryl methyl sites for hydroxylation is 2. The molecule has 0 aliphatic rings. The molecule has 0 N–H and O–H groups in total. The smallest absolute Gasteiger partial charge is 0.126 e. The minimum atomic E-state index is -0.123. The first-order valence-corrected chi connectivity index (χ1v) is 7.25. The molecule has 3 heteroatoms. The molecule has 0 radical (unpaired) electrons. The van der Waals surface area contributed by atoms with Gasteiger partial charge in [0.1, 0.15) is 5.82 Å². The first kappa shape index (κ1) is 12.8. The van der Waals surface area contributed by atoms with Gasteiger partial charge >= 0.3 is 0 Å². The second-order valence-electron chi connectivity index (χ2n) is 4.15. The van der Waals surface area contributed by atoms with Crippen LogP contribution in [0.5, 0.6) is 0 Å². The third-order valence-electron chi connectivity index (χ3n) is 2.85. The van der Waals surface area contributed by atoms with Gasteiger partial charge in [-0.15, -0.1) is 11.3 Å². The highest BCUT2D eigenvalue weighted by Crippen LogP contribution is 2.34. The molecule has 0 nitrogen and oxygen atoms in total. The van der Waals surface area contributed by atoms with Crippen molar-refractivity contribution in [2.45, 2.75) is 25.1 Å². The van der Waals surface area contributed by atoms with Gasteiger partial charge < -0.3 is 0 Å². The van der Waals surface area contributed by atoms with Crippen molar-refractivity contribution in [2.75, 3.05) is 0 Å². The van der Waals surface area contributed by atoms with E-state index in [2.05, 4.69) is 35.8 Å². The van der Waals surface area contributed by atoms with Crippen LogP contribution in [0.25, 0.3) is 0 Å². The van der Waals surface area contributed by atoms with E-state index in [0.29, 0.717) is 6.42 Å². The van der Waals surface area contributed by atoms with Crippen molar-refractivity contribution in [1.29, 1.82) is 0 Å². The number of alkyl halides is 1. The van der Waals surface area contributed by atoms with Crippen LogP contribution in [-0.4, -0.2) is 0 Å². The number of thiophene rings is 1. The minimum Gasteiger partial charge on any atom is -0.207 e. The van der Waals surface area contributed by atoms with Crippen LogP contribution in [0.4, 0.5) is 4.39 Å². The van der Waals surface area contributed by atoms with Crippen LogP contribution in [0.3, 0.4) is 0 Å². The molecule has 1 unspecified atom stereocenters. The van der Waals surface area contributed by atoms with Crippen molar-refractivity contribution in [2.24, 2.45) is 0 Å². The van der Waals surface area contributed by atoms with Crippen LogP contribution in [0, 0.1) is 19.7 Å². The largest absolute Gasteiger partial charge is 0.207 e. The van der Waals surface area contributed by atoms with Gasteiger partial charge in [0.25, 0.3) is 0 Å². The molecule has 2 rings (SSSR count). The molecule has 2 aromatic rings. The fourth-order valence-electron chi connectivity index (χ4n) is 1.71. The van der Waals surface area contributed by atoms with Gasteiger partial charge in [0, 0.05) is 9.75 Å². The maximum atomic E-state index is 13.5. The van der Waals surface area contributed by atoms with E-state index in [1.165, 1.54) is 21.4 Å². The van der Waals surface area contributed by atoms with Crippen LogP contribution < -0.4 is 0 Å². The Bertz CT molecular complexity index is 499. The van der Waals surface area contributed by atoms with Crippen LogP contribution in [0.1, 0.15) is 25.7 Å². The van der Waals surface area contributed by atoms with Crippen molar-refractivity contribution in [1.82, 2.24) is 0 Å². The van der Waals surface area contributed by atoms with Crippen LogP contribution >= 0.6 is 27.3 Å². The Labute approximate surface area is 114 Å². The van der Waals surface area contributed by atoms with Crippen LogP contribution in [0.15, 0.2) is 30.3 Å². The topological polar surface area (TPSA) is 0 Å². The summed E-state index contributed by atoms with van der Waals surface area (Å²) in [6, 6.07) is 9.14. The van der Waals surface area contributed by atoms with Crippen molar-refractivity contribution in [3.8, 4) is 0 Å². The van der Waals surface area contributed by atoms with E-state index < -0.39 is 0 Å².